The summed E-state index contributed by atoms with van der Waals surface area (Å²) in [6.45, 7) is 2.56. The van der Waals surface area contributed by atoms with E-state index in [9.17, 15) is 14.7 Å². The summed E-state index contributed by atoms with van der Waals surface area (Å²) < 4.78 is 5.17. The van der Waals surface area contributed by atoms with Crippen LogP contribution in [0.5, 0.6) is 5.75 Å². The largest absolute Gasteiger partial charge is 0.497 e. The maximum absolute atomic E-state index is 13.1. The van der Waals surface area contributed by atoms with Crippen LogP contribution in [-0.4, -0.2) is 41.6 Å². The van der Waals surface area contributed by atoms with Gasteiger partial charge in [0.05, 0.1) is 13.0 Å². The average molecular weight is 331 g/mol. The number of carboxylic acids is 1. The van der Waals surface area contributed by atoms with Crippen molar-refractivity contribution >= 4 is 11.9 Å². The number of nitrogens with zero attached hydrogens (tertiary/aromatic N) is 1. The highest BCUT2D eigenvalue weighted by molar-refractivity contribution is 5.89. The Kier molecular flexibility index (Phi) is 4.78. The lowest BCUT2D eigenvalue weighted by molar-refractivity contribution is -0.150. The Morgan fingerprint density at radius 3 is 2.58 bits per heavy atom. The highest BCUT2D eigenvalue weighted by Gasteiger charge is 2.50. The zero-order valence-electron chi connectivity index (χ0n) is 14.3. The molecule has 1 aliphatic carbocycles. The molecule has 2 fully saturated rings. The van der Waals surface area contributed by atoms with Gasteiger partial charge in [-0.15, -0.1) is 0 Å². The summed E-state index contributed by atoms with van der Waals surface area (Å²) in [6, 6.07) is 6.84. The Morgan fingerprint density at radius 1 is 1.29 bits per heavy atom. The molecule has 3 rings (SSSR count). The van der Waals surface area contributed by atoms with Crippen molar-refractivity contribution < 1.29 is 19.4 Å². The summed E-state index contributed by atoms with van der Waals surface area (Å²) in [7, 11) is 1.61. The number of carbonyl (C=O) groups is 2. The van der Waals surface area contributed by atoms with Gasteiger partial charge in [0.1, 0.15) is 11.8 Å². The normalized spacial score (nSPS) is 26.9. The monoisotopic (exact) mass is 331 g/mol. The number of fused-ring (bicyclic) bond motifs is 1. The van der Waals surface area contributed by atoms with Crippen LogP contribution in [0.15, 0.2) is 24.3 Å². The smallest absolute Gasteiger partial charge is 0.326 e. The van der Waals surface area contributed by atoms with Crippen LogP contribution in [0.3, 0.4) is 0 Å². The van der Waals surface area contributed by atoms with Crippen molar-refractivity contribution in [3.63, 3.8) is 0 Å². The van der Waals surface area contributed by atoms with E-state index in [1.54, 1.807) is 12.0 Å². The number of amides is 1. The fraction of sp³-hybridized carbons (Fsp3) is 0.579. The zero-order valence-corrected chi connectivity index (χ0v) is 14.3. The van der Waals surface area contributed by atoms with Gasteiger partial charge >= 0.3 is 5.97 Å². The second-order valence-electron chi connectivity index (χ2n) is 6.86. The number of likely N-dealkylation sites (tertiary alicyclic amines) is 1. The summed E-state index contributed by atoms with van der Waals surface area (Å²) in [4.78, 5) is 26.5. The minimum atomic E-state index is -0.859. The fourth-order valence-electron chi connectivity index (χ4n) is 4.44. The molecule has 5 heteroatoms. The highest BCUT2D eigenvalue weighted by Crippen LogP contribution is 2.43. The zero-order chi connectivity index (χ0) is 17.3. The number of methoxy groups -OCH3 is 1. The van der Waals surface area contributed by atoms with E-state index in [1.165, 1.54) is 0 Å². The van der Waals surface area contributed by atoms with Gasteiger partial charge in [-0.3, -0.25) is 4.79 Å². The van der Waals surface area contributed by atoms with E-state index in [-0.39, 0.29) is 17.7 Å². The van der Waals surface area contributed by atoms with Crippen LogP contribution in [0.1, 0.15) is 44.1 Å². The van der Waals surface area contributed by atoms with E-state index in [4.69, 9.17) is 4.74 Å². The number of ether oxygens (including phenoxy) is 1. The third-order valence-electron chi connectivity index (χ3n) is 5.65. The molecule has 1 aliphatic heterocycles. The maximum atomic E-state index is 13.1. The van der Waals surface area contributed by atoms with Crippen molar-refractivity contribution in [3.05, 3.63) is 29.8 Å². The third kappa shape index (κ3) is 2.87. The molecule has 4 atom stereocenters. The molecule has 5 nitrogen and oxygen atoms in total. The van der Waals surface area contributed by atoms with Crippen molar-refractivity contribution in [2.75, 3.05) is 13.7 Å². The summed E-state index contributed by atoms with van der Waals surface area (Å²) in [5, 5.41) is 9.66. The van der Waals surface area contributed by atoms with Gasteiger partial charge in [0.2, 0.25) is 5.91 Å². The molecule has 0 radical (unpaired) electrons. The van der Waals surface area contributed by atoms with E-state index in [2.05, 4.69) is 0 Å². The first-order valence-corrected chi connectivity index (χ1v) is 8.74. The highest BCUT2D eigenvalue weighted by atomic mass is 16.5. The lowest BCUT2D eigenvalue weighted by atomic mass is 9.92. The minimum absolute atomic E-state index is 0.0514. The SMILES string of the molecule is CCC(C(=O)N1CC2CCCC2C1C(=O)O)c1ccc(OC)cc1. The van der Waals surface area contributed by atoms with Gasteiger partial charge in [-0.1, -0.05) is 25.5 Å². The molecule has 1 saturated heterocycles. The molecular formula is C19H25NO4. The molecule has 0 bridgehead atoms. The van der Waals surface area contributed by atoms with Crippen molar-refractivity contribution in [2.24, 2.45) is 11.8 Å². The summed E-state index contributed by atoms with van der Waals surface area (Å²) in [5.41, 5.74) is 0.921. The number of hydrogen-bond acceptors (Lipinski definition) is 3. The Labute approximate surface area is 142 Å². The number of hydrogen-bond donors (Lipinski definition) is 1. The quantitative estimate of drug-likeness (QED) is 0.901. The van der Waals surface area contributed by atoms with Gasteiger partial charge in [0.15, 0.2) is 0 Å². The Balaban J connectivity index is 1.83. The molecule has 4 unspecified atom stereocenters. The first-order chi connectivity index (χ1) is 11.6. The first kappa shape index (κ1) is 16.8. The summed E-state index contributed by atoms with van der Waals surface area (Å²) in [6.07, 6.45) is 3.70. The molecule has 1 aromatic carbocycles. The average Bonchev–Trinajstić information content (AvgIpc) is 3.16. The van der Waals surface area contributed by atoms with E-state index >= 15 is 0 Å². The molecule has 1 aromatic rings. The molecule has 2 aliphatic rings. The van der Waals surface area contributed by atoms with Crippen LogP contribution >= 0.6 is 0 Å². The summed E-state index contributed by atoms with van der Waals surface area (Å²) >= 11 is 0. The second kappa shape index (κ2) is 6.83. The first-order valence-electron chi connectivity index (χ1n) is 8.74. The molecule has 1 N–H and O–H groups in total. The third-order valence-corrected chi connectivity index (χ3v) is 5.65. The summed E-state index contributed by atoms with van der Waals surface area (Å²) in [5.74, 6) is 0.0202. The van der Waals surface area contributed by atoms with Gasteiger partial charge in [-0.25, -0.2) is 4.79 Å². The topological polar surface area (TPSA) is 66.8 Å². The van der Waals surface area contributed by atoms with Crippen LogP contribution in [0.25, 0.3) is 0 Å². The van der Waals surface area contributed by atoms with Crippen molar-refractivity contribution in [3.8, 4) is 5.75 Å². The Bertz CT molecular complexity index is 612. The Morgan fingerprint density at radius 2 is 2.00 bits per heavy atom. The molecular weight excluding hydrogens is 306 g/mol. The van der Waals surface area contributed by atoms with Gasteiger partial charge in [0, 0.05) is 6.54 Å². The van der Waals surface area contributed by atoms with E-state index in [0.717, 1.165) is 30.6 Å². The molecule has 1 saturated carbocycles. The lowest BCUT2D eigenvalue weighted by Crippen LogP contribution is -2.45. The van der Waals surface area contributed by atoms with Crippen molar-refractivity contribution in [2.45, 2.75) is 44.6 Å². The lowest BCUT2D eigenvalue weighted by Gasteiger charge is -2.28. The van der Waals surface area contributed by atoms with Gasteiger partial charge in [-0.2, -0.15) is 0 Å². The van der Waals surface area contributed by atoms with Gasteiger partial charge < -0.3 is 14.7 Å². The molecule has 1 heterocycles. The van der Waals surface area contributed by atoms with E-state index < -0.39 is 12.0 Å². The molecule has 0 aromatic heterocycles. The number of carboxylic acid groups (broad SMARTS) is 1. The molecule has 24 heavy (non-hydrogen) atoms. The van der Waals surface area contributed by atoms with Crippen LogP contribution in [0.4, 0.5) is 0 Å². The molecule has 130 valence electrons. The standard InChI is InChI=1S/C19H25NO4/c1-3-15(12-7-9-14(24-2)10-8-12)18(21)20-11-13-5-4-6-16(13)17(20)19(22)23/h7-10,13,15-17H,3-6,11H2,1-2H3,(H,22,23). The maximum Gasteiger partial charge on any atom is 0.326 e. The van der Waals surface area contributed by atoms with Crippen molar-refractivity contribution in [1.29, 1.82) is 0 Å². The second-order valence-corrected chi connectivity index (χ2v) is 6.86. The van der Waals surface area contributed by atoms with Crippen LogP contribution in [-0.2, 0) is 9.59 Å². The van der Waals surface area contributed by atoms with E-state index in [0.29, 0.717) is 18.9 Å². The number of rotatable bonds is 5. The predicted molar refractivity (Wildman–Crippen MR) is 90.0 cm³/mol. The van der Waals surface area contributed by atoms with Crippen LogP contribution in [0, 0.1) is 11.8 Å². The number of carbonyl (C=O) groups excluding carboxylic acids is 1. The fourth-order valence-corrected chi connectivity index (χ4v) is 4.44. The van der Waals surface area contributed by atoms with Gasteiger partial charge in [-0.05, 0) is 48.8 Å². The van der Waals surface area contributed by atoms with E-state index in [1.807, 2.05) is 31.2 Å². The number of benzene rings is 1. The molecule has 1 amide bonds. The number of aliphatic carboxylic acids is 1. The minimum Gasteiger partial charge on any atom is -0.497 e. The van der Waals surface area contributed by atoms with Crippen LogP contribution < -0.4 is 4.74 Å². The predicted octanol–water partition coefficient (Wildman–Crippen LogP) is 2.90. The van der Waals surface area contributed by atoms with Gasteiger partial charge in [0.25, 0.3) is 0 Å². The van der Waals surface area contributed by atoms with Crippen LogP contribution in [0.2, 0.25) is 0 Å². The van der Waals surface area contributed by atoms with Crippen molar-refractivity contribution in [1.82, 2.24) is 4.90 Å². The Hall–Kier alpha value is -2.04. The molecule has 0 spiro atoms.